The van der Waals surface area contributed by atoms with E-state index in [4.69, 9.17) is 6.42 Å². The van der Waals surface area contributed by atoms with Gasteiger partial charge in [0, 0.05) is 6.42 Å². The highest BCUT2D eigenvalue weighted by molar-refractivity contribution is 5.13. The van der Waals surface area contributed by atoms with Gasteiger partial charge in [-0.1, -0.05) is 26.7 Å². The molecule has 0 aromatic rings. The van der Waals surface area contributed by atoms with E-state index >= 15 is 0 Å². The van der Waals surface area contributed by atoms with Gasteiger partial charge in [-0.3, -0.25) is 0 Å². The number of hydrogen-bond donors (Lipinski definition) is 0. The first kappa shape index (κ1) is 11.6. The molecule has 3 aliphatic carbocycles. The lowest BCUT2D eigenvalue weighted by atomic mass is 9.58. The van der Waals surface area contributed by atoms with Gasteiger partial charge in [0.25, 0.3) is 0 Å². The summed E-state index contributed by atoms with van der Waals surface area (Å²) in [6, 6.07) is 0. The summed E-state index contributed by atoms with van der Waals surface area (Å²) in [5, 5.41) is 0. The molecule has 3 rings (SSSR count). The third-order valence-corrected chi connectivity index (χ3v) is 6.56. The van der Waals surface area contributed by atoms with Crippen molar-refractivity contribution >= 4 is 0 Å². The Morgan fingerprint density at radius 1 is 1.18 bits per heavy atom. The Hall–Kier alpha value is -0.440. The molecule has 0 spiro atoms. The Morgan fingerprint density at radius 3 is 2.59 bits per heavy atom. The summed E-state index contributed by atoms with van der Waals surface area (Å²) in [5.41, 5.74) is 1.21. The van der Waals surface area contributed by atoms with Crippen LogP contribution in [0.5, 0.6) is 0 Å². The Kier molecular flexibility index (Phi) is 2.58. The Labute approximate surface area is 107 Å². The van der Waals surface area contributed by atoms with Gasteiger partial charge < -0.3 is 0 Å². The zero-order chi connectivity index (χ0) is 12.1. The van der Waals surface area contributed by atoms with E-state index in [0.29, 0.717) is 10.8 Å². The number of hydrogen-bond acceptors (Lipinski definition) is 0. The second-order valence-electron chi connectivity index (χ2n) is 7.36. The molecule has 0 aromatic heterocycles. The van der Waals surface area contributed by atoms with Crippen molar-refractivity contribution < 1.29 is 0 Å². The molecule has 0 radical (unpaired) electrons. The van der Waals surface area contributed by atoms with Crippen molar-refractivity contribution in [3.8, 4) is 12.3 Å². The van der Waals surface area contributed by atoms with Gasteiger partial charge in [0.05, 0.1) is 0 Å². The van der Waals surface area contributed by atoms with Gasteiger partial charge in [0.2, 0.25) is 0 Å². The van der Waals surface area contributed by atoms with E-state index < -0.39 is 0 Å². The average molecular weight is 230 g/mol. The van der Waals surface area contributed by atoms with Gasteiger partial charge in [0.15, 0.2) is 0 Å². The van der Waals surface area contributed by atoms with E-state index in [1.165, 1.54) is 44.9 Å². The standard InChI is InChI=1S/C17H26/c1-4-9-17(11-12-17)15-8-7-14-13(2)6-5-10-16(14,15)3/h1,13-15H,5-12H2,2-3H3/t13-,14?,15?,16-/m0/s1. The first-order valence-electron chi connectivity index (χ1n) is 7.56. The highest BCUT2D eigenvalue weighted by Gasteiger charge is 2.60. The summed E-state index contributed by atoms with van der Waals surface area (Å²) in [7, 11) is 0. The lowest BCUT2D eigenvalue weighted by Crippen LogP contribution is -2.39. The lowest BCUT2D eigenvalue weighted by Gasteiger charge is -2.46. The van der Waals surface area contributed by atoms with Crippen LogP contribution in [0.2, 0.25) is 0 Å². The van der Waals surface area contributed by atoms with Crippen molar-refractivity contribution in [3.05, 3.63) is 0 Å². The Morgan fingerprint density at radius 2 is 1.94 bits per heavy atom. The maximum absolute atomic E-state index is 5.61. The topological polar surface area (TPSA) is 0 Å². The molecule has 0 heteroatoms. The quantitative estimate of drug-likeness (QED) is 0.606. The predicted octanol–water partition coefficient (Wildman–Crippen LogP) is 4.64. The second-order valence-corrected chi connectivity index (χ2v) is 7.36. The molecule has 4 atom stereocenters. The minimum Gasteiger partial charge on any atom is -0.120 e. The van der Waals surface area contributed by atoms with Crippen molar-refractivity contribution in [1.29, 1.82) is 0 Å². The van der Waals surface area contributed by atoms with Gasteiger partial charge in [-0.2, -0.15) is 0 Å². The van der Waals surface area contributed by atoms with Gasteiger partial charge in [-0.15, -0.1) is 12.3 Å². The van der Waals surface area contributed by atoms with Crippen LogP contribution in [0.15, 0.2) is 0 Å². The van der Waals surface area contributed by atoms with E-state index in [0.717, 1.165) is 24.2 Å². The summed E-state index contributed by atoms with van der Waals surface area (Å²) >= 11 is 0. The fourth-order valence-corrected chi connectivity index (χ4v) is 5.58. The van der Waals surface area contributed by atoms with E-state index in [1.54, 1.807) is 0 Å². The Balaban J connectivity index is 1.86. The molecule has 0 bridgehead atoms. The molecular formula is C17H26. The SMILES string of the molecule is C#CCC1(C2CCC3[C@@H](C)CCC[C@@]32C)CC1. The first-order valence-corrected chi connectivity index (χ1v) is 7.56. The minimum absolute atomic E-state index is 0.579. The van der Waals surface area contributed by atoms with Crippen LogP contribution in [0.1, 0.15) is 65.2 Å². The highest BCUT2D eigenvalue weighted by atomic mass is 14.6. The minimum atomic E-state index is 0.579. The van der Waals surface area contributed by atoms with E-state index in [2.05, 4.69) is 19.8 Å². The van der Waals surface area contributed by atoms with Gasteiger partial charge in [0.1, 0.15) is 0 Å². The van der Waals surface area contributed by atoms with E-state index in [-0.39, 0.29) is 0 Å². The summed E-state index contributed by atoms with van der Waals surface area (Å²) < 4.78 is 0. The van der Waals surface area contributed by atoms with Gasteiger partial charge in [-0.05, 0) is 60.7 Å². The number of terminal acetylenes is 1. The largest absolute Gasteiger partial charge is 0.120 e. The average Bonchev–Trinajstić information content (AvgIpc) is 2.95. The first-order chi connectivity index (χ1) is 8.12. The van der Waals surface area contributed by atoms with Crippen molar-refractivity contribution in [1.82, 2.24) is 0 Å². The molecule has 17 heavy (non-hydrogen) atoms. The van der Waals surface area contributed by atoms with Crippen molar-refractivity contribution in [3.63, 3.8) is 0 Å². The molecule has 0 N–H and O–H groups in total. The molecule has 0 aromatic carbocycles. The summed E-state index contributed by atoms with van der Waals surface area (Å²) in [5.74, 6) is 5.87. The van der Waals surface area contributed by atoms with Crippen LogP contribution < -0.4 is 0 Å². The molecule has 3 fully saturated rings. The van der Waals surface area contributed by atoms with Crippen molar-refractivity contribution in [2.24, 2.45) is 28.6 Å². The Bertz CT molecular complexity index is 344. The molecule has 94 valence electrons. The zero-order valence-electron chi connectivity index (χ0n) is 11.5. The normalized spacial score (nSPS) is 47.2. The maximum Gasteiger partial charge on any atom is 0.0146 e. The van der Waals surface area contributed by atoms with E-state index in [9.17, 15) is 0 Å². The molecule has 3 aliphatic rings. The van der Waals surface area contributed by atoms with Crippen LogP contribution in [-0.2, 0) is 0 Å². The molecule has 3 saturated carbocycles. The van der Waals surface area contributed by atoms with Gasteiger partial charge >= 0.3 is 0 Å². The molecule has 0 heterocycles. The van der Waals surface area contributed by atoms with Crippen LogP contribution in [0.4, 0.5) is 0 Å². The van der Waals surface area contributed by atoms with Crippen LogP contribution >= 0.6 is 0 Å². The molecule has 0 aliphatic heterocycles. The molecular weight excluding hydrogens is 204 g/mol. The van der Waals surface area contributed by atoms with Crippen LogP contribution in [0, 0.1) is 40.9 Å². The third-order valence-electron chi connectivity index (χ3n) is 6.56. The second kappa shape index (κ2) is 3.78. The lowest BCUT2D eigenvalue weighted by molar-refractivity contribution is 0.0270. The number of fused-ring (bicyclic) bond motifs is 1. The highest BCUT2D eigenvalue weighted by Crippen LogP contribution is 2.69. The molecule has 2 unspecified atom stereocenters. The van der Waals surface area contributed by atoms with Crippen LogP contribution in [-0.4, -0.2) is 0 Å². The van der Waals surface area contributed by atoms with Crippen molar-refractivity contribution in [2.75, 3.05) is 0 Å². The van der Waals surface area contributed by atoms with Gasteiger partial charge in [-0.25, -0.2) is 0 Å². The fourth-order valence-electron chi connectivity index (χ4n) is 5.58. The molecule has 0 amide bonds. The van der Waals surface area contributed by atoms with Crippen LogP contribution in [0.25, 0.3) is 0 Å². The summed E-state index contributed by atoms with van der Waals surface area (Å²) in [4.78, 5) is 0. The fraction of sp³-hybridized carbons (Fsp3) is 0.882. The predicted molar refractivity (Wildman–Crippen MR) is 72.5 cm³/mol. The van der Waals surface area contributed by atoms with Crippen molar-refractivity contribution in [2.45, 2.75) is 65.2 Å². The molecule has 0 saturated heterocycles. The maximum atomic E-state index is 5.61. The van der Waals surface area contributed by atoms with Crippen LogP contribution in [0.3, 0.4) is 0 Å². The zero-order valence-corrected chi connectivity index (χ0v) is 11.5. The third kappa shape index (κ3) is 1.58. The monoisotopic (exact) mass is 230 g/mol. The summed E-state index contributed by atoms with van der Waals surface area (Å²) in [6.07, 6.45) is 16.8. The van der Waals surface area contributed by atoms with E-state index in [1.807, 2.05) is 0 Å². The number of rotatable bonds is 2. The smallest absolute Gasteiger partial charge is 0.0146 e. The molecule has 0 nitrogen and oxygen atoms in total. The summed E-state index contributed by atoms with van der Waals surface area (Å²) in [6.45, 7) is 5.09.